The largest absolute Gasteiger partial charge is 0.484 e. The first-order valence-electron chi connectivity index (χ1n) is 7.11. The van der Waals surface area contributed by atoms with Crippen molar-refractivity contribution >= 4 is 11.6 Å². The Balaban J connectivity index is 2.35. The second-order valence-electron chi connectivity index (χ2n) is 5.24. The Morgan fingerprint density at radius 2 is 2.20 bits per heavy atom. The van der Waals surface area contributed by atoms with E-state index in [0.717, 1.165) is 12.8 Å². The fraction of sp³-hybridized carbons (Fsp3) is 0.733. The van der Waals surface area contributed by atoms with Gasteiger partial charge in [0.25, 0.3) is 5.78 Å². The maximum Gasteiger partial charge on any atom is 0.262 e. The van der Waals surface area contributed by atoms with E-state index in [-0.39, 0.29) is 18.3 Å². The molecule has 0 amide bonds. The van der Waals surface area contributed by atoms with Crippen LogP contribution in [0.2, 0.25) is 0 Å². The van der Waals surface area contributed by atoms with Crippen LogP contribution < -0.4 is 0 Å². The summed E-state index contributed by atoms with van der Waals surface area (Å²) in [6, 6.07) is 0. The maximum atomic E-state index is 11.9. The first kappa shape index (κ1) is 16.9. The lowest BCUT2D eigenvalue weighted by molar-refractivity contribution is -0.138. The Bertz CT molecular complexity index is 374. The standard InChI is InChI=1S/C15H24O5/c1-10(19-3)6-4-5-7-13(17)15(18)14-9-8-12(16)11(2)20-14/h9-12,16H,4-8H2,1-3H3. The Morgan fingerprint density at radius 3 is 2.80 bits per heavy atom. The lowest BCUT2D eigenvalue weighted by Crippen LogP contribution is -2.32. The summed E-state index contributed by atoms with van der Waals surface area (Å²) < 4.78 is 10.4. The zero-order valence-electron chi connectivity index (χ0n) is 12.4. The first-order valence-corrected chi connectivity index (χ1v) is 7.11. The average Bonchev–Trinajstić information content (AvgIpc) is 2.45. The number of hydrogen-bond acceptors (Lipinski definition) is 5. The number of carbonyl (C=O) groups excluding carboxylic acids is 2. The van der Waals surface area contributed by atoms with E-state index in [1.807, 2.05) is 6.92 Å². The maximum absolute atomic E-state index is 11.9. The number of ether oxygens (including phenoxy) is 2. The Labute approximate surface area is 119 Å². The monoisotopic (exact) mass is 284 g/mol. The SMILES string of the molecule is COC(C)CCCCC(=O)C(=O)C1=CCC(O)C(C)O1. The van der Waals surface area contributed by atoms with Gasteiger partial charge in [-0.2, -0.15) is 0 Å². The van der Waals surface area contributed by atoms with Gasteiger partial charge in [0.05, 0.1) is 12.2 Å². The molecule has 1 rings (SSSR count). The molecule has 5 nitrogen and oxygen atoms in total. The highest BCUT2D eigenvalue weighted by Gasteiger charge is 2.27. The zero-order valence-corrected chi connectivity index (χ0v) is 12.4. The molecule has 0 saturated carbocycles. The second-order valence-corrected chi connectivity index (χ2v) is 5.24. The molecule has 0 radical (unpaired) electrons. The summed E-state index contributed by atoms with van der Waals surface area (Å²) in [5.41, 5.74) is 0. The second kappa shape index (κ2) is 8.17. The van der Waals surface area contributed by atoms with E-state index in [9.17, 15) is 14.7 Å². The van der Waals surface area contributed by atoms with Crippen LogP contribution >= 0.6 is 0 Å². The van der Waals surface area contributed by atoms with E-state index in [1.54, 1.807) is 14.0 Å². The summed E-state index contributed by atoms with van der Waals surface area (Å²) in [4.78, 5) is 23.7. The Kier molecular flexibility index (Phi) is 6.88. The van der Waals surface area contributed by atoms with Gasteiger partial charge in [-0.1, -0.05) is 6.42 Å². The minimum Gasteiger partial charge on any atom is -0.484 e. The predicted octanol–water partition coefficient (Wildman–Crippen LogP) is 1.77. The van der Waals surface area contributed by atoms with Crippen molar-refractivity contribution in [3.8, 4) is 0 Å². The number of methoxy groups -OCH3 is 1. The van der Waals surface area contributed by atoms with Crippen molar-refractivity contribution in [2.45, 2.75) is 64.3 Å². The lowest BCUT2D eigenvalue weighted by atomic mass is 10.0. The van der Waals surface area contributed by atoms with Crippen LogP contribution in [0.5, 0.6) is 0 Å². The van der Waals surface area contributed by atoms with E-state index in [1.165, 1.54) is 6.08 Å². The van der Waals surface area contributed by atoms with E-state index >= 15 is 0 Å². The van der Waals surface area contributed by atoms with Crippen LogP contribution in [0.1, 0.15) is 46.0 Å². The molecule has 114 valence electrons. The van der Waals surface area contributed by atoms with Crippen molar-refractivity contribution in [2.75, 3.05) is 7.11 Å². The third kappa shape index (κ3) is 5.06. The number of hydrogen-bond donors (Lipinski definition) is 1. The highest BCUT2D eigenvalue weighted by molar-refractivity contribution is 6.42. The molecule has 0 aromatic heterocycles. The van der Waals surface area contributed by atoms with Crippen molar-refractivity contribution < 1.29 is 24.2 Å². The molecule has 1 heterocycles. The topological polar surface area (TPSA) is 72.8 Å². The highest BCUT2D eigenvalue weighted by atomic mass is 16.5. The summed E-state index contributed by atoms with van der Waals surface area (Å²) in [6.45, 7) is 3.65. The van der Waals surface area contributed by atoms with Crippen LogP contribution in [-0.4, -0.2) is 42.1 Å². The van der Waals surface area contributed by atoms with Crippen molar-refractivity contribution in [3.63, 3.8) is 0 Å². The summed E-state index contributed by atoms with van der Waals surface area (Å²) in [5.74, 6) is -0.925. The van der Waals surface area contributed by atoms with Gasteiger partial charge in [-0.25, -0.2) is 0 Å². The number of ketones is 2. The number of unbranched alkanes of at least 4 members (excludes halogenated alkanes) is 1. The molecule has 1 N–H and O–H groups in total. The molecule has 3 atom stereocenters. The van der Waals surface area contributed by atoms with Crippen LogP contribution in [0.25, 0.3) is 0 Å². The van der Waals surface area contributed by atoms with Crippen LogP contribution in [0.15, 0.2) is 11.8 Å². The summed E-state index contributed by atoms with van der Waals surface area (Å²) in [5, 5.41) is 9.49. The number of aliphatic hydroxyl groups is 1. The van der Waals surface area contributed by atoms with Crippen LogP contribution in [0.3, 0.4) is 0 Å². The fourth-order valence-electron chi connectivity index (χ4n) is 1.98. The number of carbonyl (C=O) groups is 2. The van der Waals surface area contributed by atoms with Gasteiger partial charge in [0.15, 0.2) is 5.76 Å². The molecule has 0 aromatic rings. The Hall–Kier alpha value is -1.20. The van der Waals surface area contributed by atoms with Gasteiger partial charge >= 0.3 is 0 Å². The quantitative estimate of drug-likeness (QED) is 0.543. The molecular weight excluding hydrogens is 260 g/mol. The van der Waals surface area contributed by atoms with E-state index in [0.29, 0.717) is 12.8 Å². The zero-order chi connectivity index (χ0) is 15.1. The van der Waals surface area contributed by atoms with Gasteiger partial charge in [-0.05, 0) is 39.2 Å². The number of allylic oxidation sites excluding steroid dienone is 1. The minimum absolute atomic E-state index is 0.0815. The van der Waals surface area contributed by atoms with Crippen molar-refractivity contribution in [2.24, 2.45) is 0 Å². The third-order valence-electron chi connectivity index (χ3n) is 3.54. The van der Waals surface area contributed by atoms with Crippen molar-refractivity contribution in [3.05, 3.63) is 11.8 Å². The van der Waals surface area contributed by atoms with Gasteiger partial charge in [0, 0.05) is 13.5 Å². The van der Waals surface area contributed by atoms with Crippen LogP contribution in [0.4, 0.5) is 0 Å². The molecule has 5 heteroatoms. The molecule has 0 saturated heterocycles. The molecule has 0 spiro atoms. The summed E-state index contributed by atoms with van der Waals surface area (Å²) in [6.07, 6.45) is 3.58. The molecule has 0 fully saturated rings. The van der Waals surface area contributed by atoms with Gasteiger partial charge in [0.2, 0.25) is 5.78 Å². The van der Waals surface area contributed by atoms with Crippen molar-refractivity contribution in [1.29, 1.82) is 0 Å². The highest BCUT2D eigenvalue weighted by Crippen LogP contribution is 2.19. The number of aliphatic hydroxyl groups excluding tert-OH is 1. The molecule has 1 aliphatic heterocycles. The van der Waals surface area contributed by atoms with Crippen molar-refractivity contribution in [1.82, 2.24) is 0 Å². The van der Waals surface area contributed by atoms with Gasteiger partial charge in [-0.15, -0.1) is 0 Å². The molecule has 20 heavy (non-hydrogen) atoms. The van der Waals surface area contributed by atoms with Gasteiger partial charge in [0.1, 0.15) is 6.10 Å². The minimum atomic E-state index is -0.614. The molecular formula is C15H24O5. The van der Waals surface area contributed by atoms with E-state index < -0.39 is 23.8 Å². The molecule has 0 aromatic carbocycles. The molecule has 0 bridgehead atoms. The molecule has 0 aliphatic carbocycles. The normalized spacial score (nSPS) is 23.7. The average molecular weight is 284 g/mol. The first-order chi connectivity index (χ1) is 9.45. The van der Waals surface area contributed by atoms with Crippen LogP contribution in [0, 0.1) is 0 Å². The third-order valence-corrected chi connectivity index (χ3v) is 3.54. The number of Topliss-reactive ketones (excluding diaryl/α,β-unsaturated/α-hetero) is 2. The lowest BCUT2D eigenvalue weighted by Gasteiger charge is -2.25. The molecule has 1 aliphatic rings. The van der Waals surface area contributed by atoms with Gasteiger partial charge < -0.3 is 14.6 Å². The predicted molar refractivity (Wildman–Crippen MR) is 74.2 cm³/mol. The number of rotatable bonds is 8. The Morgan fingerprint density at radius 1 is 1.50 bits per heavy atom. The van der Waals surface area contributed by atoms with Crippen LogP contribution in [-0.2, 0) is 19.1 Å². The summed E-state index contributed by atoms with van der Waals surface area (Å²) >= 11 is 0. The van der Waals surface area contributed by atoms with E-state index in [4.69, 9.17) is 9.47 Å². The molecule has 3 unspecified atom stereocenters. The smallest absolute Gasteiger partial charge is 0.262 e. The summed E-state index contributed by atoms with van der Waals surface area (Å²) in [7, 11) is 1.65. The van der Waals surface area contributed by atoms with Gasteiger partial charge in [-0.3, -0.25) is 9.59 Å². The fourth-order valence-corrected chi connectivity index (χ4v) is 1.98. The van der Waals surface area contributed by atoms with E-state index in [2.05, 4.69) is 0 Å².